The molecule has 1 unspecified atom stereocenters. The molecule has 18 heavy (non-hydrogen) atoms. The van der Waals surface area contributed by atoms with Gasteiger partial charge in [0, 0.05) is 23.5 Å². The maximum absolute atomic E-state index is 10.5. The number of nitrogens with one attached hydrogen (secondary N) is 1. The lowest BCUT2D eigenvalue weighted by molar-refractivity contribution is 0.0552. The molecule has 0 amide bonds. The SMILES string of the molecule is Cc1cc(C(C)(O)CNCc2cccs2)c(C)o1. The average molecular weight is 265 g/mol. The number of thiophene rings is 1. The van der Waals surface area contributed by atoms with E-state index in [2.05, 4.69) is 16.8 Å². The van der Waals surface area contributed by atoms with E-state index in [1.807, 2.05) is 32.9 Å². The maximum Gasteiger partial charge on any atom is 0.107 e. The number of hydrogen-bond donors (Lipinski definition) is 2. The van der Waals surface area contributed by atoms with Crippen LogP contribution in [0.15, 0.2) is 28.0 Å². The topological polar surface area (TPSA) is 45.4 Å². The van der Waals surface area contributed by atoms with Crippen molar-refractivity contribution in [3.63, 3.8) is 0 Å². The Morgan fingerprint density at radius 2 is 2.22 bits per heavy atom. The summed E-state index contributed by atoms with van der Waals surface area (Å²) in [6, 6.07) is 6.02. The quantitative estimate of drug-likeness (QED) is 0.873. The van der Waals surface area contributed by atoms with Crippen LogP contribution in [-0.4, -0.2) is 11.7 Å². The van der Waals surface area contributed by atoms with Crippen LogP contribution in [0.1, 0.15) is 28.9 Å². The summed E-state index contributed by atoms with van der Waals surface area (Å²) in [6.45, 7) is 6.88. The summed E-state index contributed by atoms with van der Waals surface area (Å²) >= 11 is 1.71. The zero-order chi connectivity index (χ0) is 13.2. The highest BCUT2D eigenvalue weighted by molar-refractivity contribution is 7.09. The molecule has 0 fully saturated rings. The van der Waals surface area contributed by atoms with Crippen molar-refractivity contribution in [2.24, 2.45) is 0 Å². The third-order valence-corrected chi connectivity index (χ3v) is 3.85. The third-order valence-electron chi connectivity index (χ3n) is 2.97. The minimum absolute atomic E-state index is 0.505. The third kappa shape index (κ3) is 3.02. The lowest BCUT2D eigenvalue weighted by Gasteiger charge is -2.23. The molecule has 0 aliphatic carbocycles. The Bertz CT molecular complexity index is 500. The van der Waals surface area contributed by atoms with E-state index in [4.69, 9.17) is 4.42 Å². The van der Waals surface area contributed by atoms with Gasteiger partial charge in [-0.15, -0.1) is 11.3 Å². The Balaban J connectivity index is 1.97. The van der Waals surface area contributed by atoms with E-state index < -0.39 is 5.60 Å². The number of aliphatic hydroxyl groups is 1. The highest BCUT2D eigenvalue weighted by Gasteiger charge is 2.27. The fourth-order valence-corrected chi connectivity index (χ4v) is 2.78. The molecule has 3 nitrogen and oxygen atoms in total. The summed E-state index contributed by atoms with van der Waals surface area (Å²) in [6.07, 6.45) is 0. The fourth-order valence-electron chi connectivity index (χ4n) is 2.10. The van der Waals surface area contributed by atoms with Crippen molar-refractivity contribution in [3.8, 4) is 0 Å². The second-order valence-corrected chi connectivity index (χ2v) is 5.82. The monoisotopic (exact) mass is 265 g/mol. The molecule has 0 radical (unpaired) electrons. The van der Waals surface area contributed by atoms with E-state index in [9.17, 15) is 5.11 Å². The molecule has 0 bridgehead atoms. The summed E-state index contributed by atoms with van der Waals surface area (Å²) in [5.41, 5.74) is -0.0438. The van der Waals surface area contributed by atoms with Gasteiger partial charge in [-0.05, 0) is 38.3 Å². The van der Waals surface area contributed by atoms with Crippen molar-refractivity contribution in [1.29, 1.82) is 0 Å². The number of hydrogen-bond acceptors (Lipinski definition) is 4. The van der Waals surface area contributed by atoms with Crippen LogP contribution in [0.25, 0.3) is 0 Å². The molecular formula is C14H19NO2S. The minimum Gasteiger partial charge on any atom is -0.466 e. The summed E-state index contributed by atoms with van der Waals surface area (Å²) in [4.78, 5) is 1.27. The van der Waals surface area contributed by atoms with Crippen molar-refractivity contribution >= 4 is 11.3 Å². The Morgan fingerprint density at radius 1 is 1.44 bits per heavy atom. The van der Waals surface area contributed by atoms with E-state index in [0.717, 1.165) is 23.6 Å². The van der Waals surface area contributed by atoms with Crippen LogP contribution < -0.4 is 5.32 Å². The van der Waals surface area contributed by atoms with E-state index in [0.29, 0.717) is 6.54 Å². The first kappa shape index (κ1) is 13.3. The standard InChI is InChI=1S/C14H19NO2S/c1-10-7-13(11(2)17-10)14(3,16)9-15-8-12-5-4-6-18-12/h4-7,15-16H,8-9H2,1-3H3. The lowest BCUT2D eigenvalue weighted by Crippen LogP contribution is -2.35. The molecule has 0 saturated heterocycles. The van der Waals surface area contributed by atoms with E-state index >= 15 is 0 Å². The van der Waals surface area contributed by atoms with Crippen LogP contribution in [0.4, 0.5) is 0 Å². The molecule has 0 aliphatic heterocycles. The molecule has 1 atom stereocenters. The van der Waals surface area contributed by atoms with E-state index in [1.54, 1.807) is 11.3 Å². The van der Waals surface area contributed by atoms with Crippen molar-refractivity contribution in [2.45, 2.75) is 32.9 Å². The highest BCUT2D eigenvalue weighted by atomic mass is 32.1. The second-order valence-electron chi connectivity index (χ2n) is 4.78. The highest BCUT2D eigenvalue weighted by Crippen LogP contribution is 2.26. The zero-order valence-electron chi connectivity index (χ0n) is 11.0. The summed E-state index contributed by atoms with van der Waals surface area (Å²) in [5, 5.41) is 15.8. The maximum atomic E-state index is 10.5. The first-order valence-electron chi connectivity index (χ1n) is 6.02. The van der Waals surface area contributed by atoms with Crippen molar-refractivity contribution in [1.82, 2.24) is 5.32 Å². The molecule has 98 valence electrons. The van der Waals surface area contributed by atoms with Crippen LogP contribution in [0, 0.1) is 13.8 Å². The van der Waals surface area contributed by atoms with E-state index in [1.165, 1.54) is 4.88 Å². The van der Waals surface area contributed by atoms with Gasteiger partial charge in [-0.1, -0.05) is 6.07 Å². The van der Waals surface area contributed by atoms with Crippen molar-refractivity contribution in [2.75, 3.05) is 6.54 Å². The summed E-state index contributed by atoms with van der Waals surface area (Å²) in [7, 11) is 0. The molecule has 2 aromatic heterocycles. The number of aryl methyl sites for hydroxylation is 2. The second kappa shape index (κ2) is 5.26. The van der Waals surface area contributed by atoms with Crippen LogP contribution in [-0.2, 0) is 12.1 Å². The number of rotatable bonds is 5. The molecule has 4 heteroatoms. The van der Waals surface area contributed by atoms with Crippen molar-refractivity contribution < 1.29 is 9.52 Å². The zero-order valence-corrected chi connectivity index (χ0v) is 11.8. The van der Waals surface area contributed by atoms with Crippen LogP contribution in [0.2, 0.25) is 0 Å². The molecule has 0 aliphatic rings. The average Bonchev–Trinajstić information content (AvgIpc) is 2.88. The normalized spacial score (nSPS) is 14.7. The largest absolute Gasteiger partial charge is 0.466 e. The van der Waals surface area contributed by atoms with Gasteiger partial charge in [0.25, 0.3) is 0 Å². The molecule has 2 N–H and O–H groups in total. The van der Waals surface area contributed by atoms with Crippen molar-refractivity contribution in [3.05, 3.63) is 45.5 Å². The summed E-state index contributed by atoms with van der Waals surface area (Å²) in [5.74, 6) is 1.62. The van der Waals surface area contributed by atoms with Gasteiger partial charge in [0.05, 0.1) is 0 Å². The van der Waals surface area contributed by atoms with Crippen LogP contribution in [0.3, 0.4) is 0 Å². The Kier molecular flexibility index (Phi) is 3.90. The van der Waals surface area contributed by atoms with Crippen LogP contribution in [0.5, 0.6) is 0 Å². The lowest BCUT2D eigenvalue weighted by atomic mass is 9.96. The Labute approximate surface area is 111 Å². The molecule has 0 saturated carbocycles. The van der Waals surface area contributed by atoms with Crippen LogP contribution >= 0.6 is 11.3 Å². The molecule has 2 aromatic rings. The molecule has 2 heterocycles. The Morgan fingerprint density at radius 3 is 2.78 bits per heavy atom. The van der Waals surface area contributed by atoms with Gasteiger partial charge in [0.15, 0.2) is 0 Å². The molecule has 0 spiro atoms. The van der Waals surface area contributed by atoms with Gasteiger partial charge in [-0.3, -0.25) is 0 Å². The Hall–Kier alpha value is -1.10. The van der Waals surface area contributed by atoms with E-state index in [-0.39, 0.29) is 0 Å². The first-order chi connectivity index (χ1) is 8.49. The van der Waals surface area contributed by atoms with Gasteiger partial charge >= 0.3 is 0 Å². The van der Waals surface area contributed by atoms with Gasteiger partial charge < -0.3 is 14.8 Å². The van der Waals surface area contributed by atoms with Gasteiger partial charge in [0.2, 0.25) is 0 Å². The fraction of sp³-hybridized carbons (Fsp3) is 0.429. The van der Waals surface area contributed by atoms with Gasteiger partial charge in [-0.2, -0.15) is 0 Å². The smallest absolute Gasteiger partial charge is 0.107 e. The number of furan rings is 1. The molecule has 2 rings (SSSR count). The predicted octanol–water partition coefficient (Wildman–Crippen LogP) is 2.96. The van der Waals surface area contributed by atoms with Gasteiger partial charge in [0.1, 0.15) is 17.1 Å². The molecule has 0 aromatic carbocycles. The minimum atomic E-state index is -0.904. The van der Waals surface area contributed by atoms with Gasteiger partial charge in [-0.25, -0.2) is 0 Å². The predicted molar refractivity (Wildman–Crippen MR) is 73.8 cm³/mol. The summed E-state index contributed by atoms with van der Waals surface area (Å²) < 4.78 is 5.47. The first-order valence-corrected chi connectivity index (χ1v) is 6.90. The molecular weight excluding hydrogens is 246 g/mol.